The van der Waals surface area contributed by atoms with Crippen LogP contribution in [0.1, 0.15) is 22.8 Å². The number of ether oxygens (including phenoxy) is 1. The second-order valence-electron chi connectivity index (χ2n) is 5.63. The quantitative estimate of drug-likeness (QED) is 0.606. The van der Waals surface area contributed by atoms with E-state index in [1.807, 2.05) is 25.1 Å². The minimum Gasteiger partial charge on any atom is -0.462 e. The molecule has 0 bridgehead atoms. The molecule has 0 atom stereocenters. The average molecular weight is 384 g/mol. The molecule has 0 unspecified atom stereocenters. The Kier molecular flexibility index (Phi) is 5.83. The van der Waals surface area contributed by atoms with E-state index in [0.717, 1.165) is 16.9 Å². The lowest BCUT2D eigenvalue weighted by Gasteiger charge is -2.10. The molecule has 0 amide bonds. The van der Waals surface area contributed by atoms with Gasteiger partial charge in [0.25, 0.3) is 0 Å². The number of anilines is 4. The Hall–Kier alpha value is -3.19. The zero-order valence-corrected chi connectivity index (χ0v) is 15.6. The summed E-state index contributed by atoms with van der Waals surface area (Å²) in [7, 11) is 0. The first kappa shape index (κ1) is 18.6. The van der Waals surface area contributed by atoms with Crippen LogP contribution in [0.3, 0.4) is 0 Å². The second-order valence-corrected chi connectivity index (χ2v) is 6.03. The van der Waals surface area contributed by atoms with E-state index < -0.39 is 0 Å². The lowest BCUT2D eigenvalue weighted by molar-refractivity contribution is 0.0526. The van der Waals surface area contributed by atoms with Crippen LogP contribution in [-0.4, -0.2) is 27.8 Å². The fourth-order valence-corrected chi connectivity index (χ4v) is 2.51. The number of hydrogen-bond acceptors (Lipinski definition) is 7. The molecule has 0 saturated carbocycles. The highest BCUT2D eigenvalue weighted by atomic mass is 35.5. The van der Waals surface area contributed by atoms with Crippen LogP contribution in [0.15, 0.2) is 48.7 Å². The lowest BCUT2D eigenvalue weighted by Crippen LogP contribution is -2.05. The Bertz CT molecular complexity index is 947. The Morgan fingerprint density at radius 2 is 1.93 bits per heavy atom. The number of nitrogens with one attached hydrogen (secondary N) is 2. The van der Waals surface area contributed by atoms with E-state index in [1.165, 1.54) is 6.20 Å². The molecule has 7 nitrogen and oxygen atoms in total. The highest BCUT2D eigenvalue weighted by Gasteiger charge is 2.08. The van der Waals surface area contributed by atoms with Crippen molar-refractivity contribution in [3.8, 4) is 0 Å². The summed E-state index contributed by atoms with van der Waals surface area (Å²) in [6, 6.07) is 12.5. The predicted octanol–water partition coefficient (Wildman–Crippen LogP) is 4.50. The molecule has 0 radical (unpaired) electrons. The first-order valence-corrected chi connectivity index (χ1v) is 8.70. The number of aromatic nitrogens is 3. The SMILES string of the molecule is CCOC(=O)c1ccc(Nc2cnnc(Nc3cccc(Cl)c3C)n2)cc1. The fraction of sp³-hybridized carbons (Fsp3) is 0.158. The van der Waals surface area contributed by atoms with Crippen LogP contribution >= 0.6 is 11.6 Å². The molecule has 1 aromatic heterocycles. The molecule has 138 valence electrons. The molecule has 1 heterocycles. The smallest absolute Gasteiger partial charge is 0.338 e. The maximum Gasteiger partial charge on any atom is 0.338 e. The number of carbonyl (C=O) groups is 1. The number of benzene rings is 2. The molecule has 3 rings (SSSR count). The summed E-state index contributed by atoms with van der Waals surface area (Å²) >= 11 is 6.13. The van der Waals surface area contributed by atoms with E-state index >= 15 is 0 Å². The van der Waals surface area contributed by atoms with E-state index in [1.54, 1.807) is 31.2 Å². The Morgan fingerprint density at radius 3 is 2.67 bits per heavy atom. The summed E-state index contributed by atoms with van der Waals surface area (Å²) in [6.07, 6.45) is 1.51. The van der Waals surface area contributed by atoms with E-state index in [-0.39, 0.29) is 5.97 Å². The van der Waals surface area contributed by atoms with Crippen molar-refractivity contribution >= 4 is 40.7 Å². The average Bonchev–Trinajstić information content (AvgIpc) is 2.67. The van der Waals surface area contributed by atoms with Gasteiger partial charge < -0.3 is 15.4 Å². The van der Waals surface area contributed by atoms with Crippen LogP contribution < -0.4 is 10.6 Å². The van der Waals surface area contributed by atoms with E-state index in [2.05, 4.69) is 25.8 Å². The molecular weight excluding hydrogens is 366 g/mol. The molecule has 0 spiro atoms. The topological polar surface area (TPSA) is 89.0 Å². The maximum absolute atomic E-state index is 11.7. The zero-order valence-electron chi connectivity index (χ0n) is 14.9. The lowest BCUT2D eigenvalue weighted by atomic mass is 10.2. The van der Waals surface area contributed by atoms with Gasteiger partial charge in [-0.25, -0.2) is 4.79 Å². The first-order chi connectivity index (χ1) is 13.1. The first-order valence-electron chi connectivity index (χ1n) is 8.33. The summed E-state index contributed by atoms with van der Waals surface area (Å²) < 4.78 is 4.97. The van der Waals surface area contributed by atoms with Crippen LogP contribution in [0.4, 0.5) is 23.1 Å². The van der Waals surface area contributed by atoms with Gasteiger partial charge in [0.1, 0.15) is 0 Å². The minimum absolute atomic E-state index is 0.341. The molecule has 2 aromatic carbocycles. The minimum atomic E-state index is -0.351. The number of carbonyl (C=O) groups excluding carboxylic acids is 1. The van der Waals surface area contributed by atoms with E-state index in [4.69, 9.17) is 16.3 Å². The number of esters is 1. The predicted molar refractivity (Wildman–Crippen MR) is 105 cm³/mol. The molecule has 27 heavy (non-hydrogen) atoms. The third-order valence-corrected chi connectivity index (χ3v) is 4.15. The maximum atomic E-state index is 11.7. The van der Waals surface area contributed by atoms with Gasteiger partial charge in [-0.2, -0.15) is 10.1 Å². The Labute approximate surface area is 161 Å². The summed E-state index contributed by atoms with van der Waals surface area (Å²) in [5.41, 5.74) is 2.95. The highest BCUT2D eigenvalue weighted by Crippen LogP contribution is 2.25. The van der Waals surface area contributed by atoms with Crippen molar-refractivity contribution in [2.24, 2.45) is 0 Å². The standard InChI is InChI=1S/C19H18ClN5O2/c1-3-27-18(26)13-7-9-14(10-8-13)22-17-11-21-25-19(24-17)23-16-6-4-5-15(20)12(16)2/h4-11H,3H2,1-2H3,(H2,22,23,24,25). The van der Waals surface area contributed by atoms with Gasteiger partial charge in [0.2, 0.25) is 5.95 Å². The van der Waals surface area contributed by atoms with Crippen molar-refractivity contribution in [2.75, 3.05) is 17.2 Å². The zero-order chi connectivity index (χ0) is 19.2. The van der Waals surface area contributed by atoms with Crippen LogP contribution in [0.25, 0.3) is 0 Å². The number of hydrogen-bond donors (Lipinski definition) is 2. The van der Waals surface area contributed by atoms with Gasteiger partial charge in [-0.05, 0) is 55.8 Å². The molecular formula is C19H18ClN5O2. The second kappa shape index (κ2) is 8.46. The van der Waals surface area contributed by atoms with Crippen molar-refractivity contribution < 1.29 is 9.53 Å². The summed E-state index contributed by atoms with van der Waals surface area (Å²) in [5, 5.41) is 14.8. The molecule has 8 heteroatoms. The normalized spacial score (nSPS) is 10.3. The molecule has 3 aromatic rings. The van der Waals surface area contributed by atoms with Gasteiger partial charge in [-0.3, -0.25) is 0 Å². The van der Waals surface area contributed by atoms with Crippen molar-refractivity contribution in [3.63, 3.8) is 0 Å². The molecule has 0 aliphatic carbocycles. The van der Waals surface area contributed by atoms with Crippen LogP contribution in [0, 0.1) is 6.92 Å². The summed E-state index contributed by atoms with van der Waals surface area (Å²) in [4.78, 5) is 16.1. The van der Waals surface area contributed by atoms with Crippen LogP contribution in [0.5, 0.6) is 0 Å². The van der Waals surface area contributed by atoms with E-state index in [9.17, 15) is 4.79 Å². The van der Waals surface area contributed by atoms with Gasteiger partial charge >= 0.3 is 5.97 Å². The van der Waals surface area contributed by atoms with Gasteiger partial charge in [0, 0.05) is 16.4 Å². The number of rotatable bonds is 6. The fourth-order valence-electron chi connectivity index (χ4n) is 2.33. The molecule has 2 N–H and O–H groups in total. The van der Waals surface area contributed by atoms with Crippen LogP contribution in [-0.2, 0) is 4.74 Å². The van der Waals surface area contributed by atoms with Gasteiger partial charge in [-0.1, -0.05) is 17.7 Å². The molecule has 0 aliphatic heterocycles. The van der Waals surface area contributed by atoms with Crippen LogP contribution in [0.2, 0.25) is 5.02 Å². The highest BCUT2D eigenvalue weighted by molar-refractivity contribution is 6.31. The monoisotopic (exact) mass is 383 g/mol. The van der Waals surface area contributed by atoms with Gasteiger partial charge in [-0.15, -0.1) is 5.10 Å². The van der Waals surface area contributed by atoms with Crippen molar-refractivity contribution in [3.05, 3.63) is 64.8 Å². The van der Waals surface area contributed by atoms with Crippen molar-refractivity contribution in [1.29, 1.82) is 0 Å². The largest absolute Gasteiger partial charge is 0.462 e. The van der Waals surface area contributed by atoms with Crippen molar-refractivity contribution in [1.82, 2.24) is 15.2 Å². The van der Waals surface area contributed by atoms with Crippen molar-refractivity contribution in [2.45, 2.75) is 13.8 Å². The third-order valence-electron chi connectivity index (χ3n) is 3.74. The molecule has 0 aliphatic rings. The summed E-state index contributed by atoms with van der Waals surface area (Å²) in [5.74, 6) is 0.501. The number of nitrogens with zero attached hydrogens (tertiary/aromatic N) is 3. The molecule has 0 saturated heterocycles. The Morgan fingerprint density at radius 1 is 1.15 bits per heavy atom. The van der Waals surface area contributed by atoms with Gasteiger partial charge in [0.15, 0.2) is 5.82 Å². The third kappa shape index (κ3) is 4.71. The Balaban J connectivity index is 1.72. The van der Waals surface area contributed by atoms with E-state index in [0.29, 0.717) is 29.0 Å². The van der Waals surface area contributed by atoms with Gasteiger partial charge in [0.05, 0.1) is 18.4 Å². The number of halogens is 1. The molecule has 0 fully saturated rings. The summed E-state index contributed by atoms with van der Waals surface area (Å²) in [6.45, 7) is 4.02.